The first-order valence-corrected chi connectivity index (χ1v) is 10.4. The summed E-state index contributed by atoms with van der Waals surface area (Å²) in [6.45, 7) is 2.79. The van der Waals surface area contributed by atoms with Gasteiger partial charge in [0, 0.05) is 51.6 Å². The lowest BCUT2D eigenvalue weighted by Crippen LogP contribution is -2.55. The fourth-order valence-electron chi connectivity index (χ4n) is 3.52. The number of anilines is 2. The molecule has 30 heavy (non-hydrogen) atoms. The summed E-state index contributed by atoms with van der Waals surface area (Å²) in [5.74, 6) is 1.26. The van der Waals surface area contributed by atoms with E-state index in [0.717, 1.165) is 11.4 Å². The minimum Gasteiger partial charge on any atom is -0.485 e. The van der Waals surface area contributed by atoms with Crippen LogP contribution in [0.2, 0.25) is 0 Å². The molecule has 1 fully saturated rings. The van der Waals surface area contributed by atoms with Crippen molar-refractivity contribution >= 4 is 34.6 Å². The van der Waals surface area contributed by atoms with Crippen LogP contribution in [0.4, 0.5) is 11.4 Å². The zero-order valence-electron chi connectivity index (χ0n) is 17.2. The highest BCUT2D eigenvalue weighted by atomic mass is 32.1. The van der Waals surface area contributed by atoms with Gasteiger partial charge < -0.3 is 29.5 Å². The predicted octanol–water partition coefficient (Wildman–Crippen LogP) is 2.43. The number of nitrogens with zero attached hydrogens (tertiary/aromatic N) is 3. The van der Waals surface area contributed by atoms with Crippen molar-refractivity contribution < 1.29 is 14.3 Å². The monoisotopic (exact) mass is 426 g/mol. The van der Waals surface area contributed by atoms with Crippen molar-refractivity contribution in [1.29, 1.82) is 0 Å². The van der Waals surface area contributed by atoms with Gasteiger partial charge in [0.1, 0.15) is 6.61 Å². The van der Waals surface area contributed by atoms with Crippen LogP contribution in [0.1, 0.15) is 0 Å². The van der Waals surface area contributed by atoms with Gasteiger partial charge in [-0.2, -0.15) is 0 Å². The molecule has 7 nitrogen and oxygen atoms in total. The molecule has 2 aromatic carbocycles. The van der Waals surface area contributed by atoms with E-state index in [1.165, 1.54) is 0 Å². The van der Waals surface area contributed by atoms with E-state index in [0.29, 0.717) is 42.8 Å². The number of nitrogens with one attached hydrogen (secondary N) is 1. The third-order valence-electron chi connectivity index (χ3n) is 5.30. The van der Waals surface area contributed by atoms with E-state index < -0.39 is 6.10 Å². The van der Waals surface area contributed by atoms with Crippen LogP contribution in [0.5, 0.6) is 11.5 Å². The number of thiocarbonyl (C=S) groups is 1. The molecule has 0 spiro atoms. The number of para-hydroxylation sites is 2. The van der Waals surface area contributed by atoms with Crippen LogP contribution >= 0.6 is 12.2 Å². The Balaban J connectivity index is 1.28. The number of ether oxygens (including phenoxy) is 2. The normalized spacial score (nSPS) is 18.0. The van der Waals surface area contributed by atoms with Crippen LogP contribution in [0.15, 0.2) is 48.5 Å². The zero-order valence-corrected chi connectivity index (χ0v) is 18.0. The maximum Gasteiger partial charge on any atom is 0.267 e. The first-order chi connectivity index (χ1) is 14.5. The molecule has 0 aliphatic carbocycles. The van der Waals surface area contributed by atoms with Crippen molar-refractivity contribution in [2.24, 2.45) is 0 Å². The predicted molar refractivity (Wildman–Crippen MR) is 121 cm³/mol. The molecule has 158 valence electrons. The van der Waals surface area contributed by atoms with E-state index in [1.54, 1.807) is 0 Å². The number of hydrogen-bond acceptors (Lipinski definition) is 5. The Kier molecular flexibility index (Phi) is 5.94. The van der Waals surface area contributed by atoms with E-state index in [9.17, 15) is 4.79 Å². The van der Waals surface area contributed by atoms with E-state index in [-0.39, 0.29) is 12.5 Å². The average molecular weight is 427 g/mol. The smallest absolute Gasteiger partial charge is 0.267 e. The highest BCUT2D eigenvalue weighted by Gasteiger charge is 2.33. The van der Waals surface area contributed by atoms with Crippen LogP contribution in [0.3, 0.4) is 0 Å². The number of piperazine rings is 1. The Labute approximate surface area is 182 Å². The third-order valence-corrected chi connectivity index (χ3v) is 5.66. The lowest BCUT2D eigenvalue weighted by molar-refractivity contribution is -0.142. The van der Waals surface area contributed by atoms with Gasteiger partial charge in [-0.05, 0) is 48.6 Å². The Morgan fingerprint density at radius 2 is 1.63 bits per heavy atom. The second-order valence-electron chi connectivity index (χ2n) is 7.55. The third kappa shape index (κ3) is 4.43. The quantitative estimate of drug-likeness (QED) is 0.757. The van der Waals surface area contributed by atoms with Crippen molar-refractivity contribution in [2.45, 2.75) is 6.10 Å². The minimum atomic E-state index is -0.605. The topological polar surface area (TPSA) is 57.3 Å². The van der Waals surface area contributed by atoms with Crippen LogP contribution in [-0.2, 0) is 4.79 Å². The number of amides is 1. The van der Waals surface area contributed by atoms with Crippen LogP contribution in [-0.4, -0.2) is 73.8 Å². The van der Waals surface area contributed by atoms with Crippen LogP contribution in [0.25, 0.3) is 0 Å². The molecule has 0 radical (unpaired) electrons. The summed E-state index contributed by atoms with van der Waals surface area (Å²) in [5.41, 5.74) is 2.09. The molecule has 0 bridgehead atoms. The lowest BCUT2D eigenvalue weighted by Gasteiger charge is -2.38. The molecular formula is C22H26N4O3S. The molecule has 2 heterocycles. The van der Waals surface area contributed by atoms with Gasteiger partial charge in [0.15, 0.2) is 16.6 Å². The van der Waals surface area contributed by atoms with Gasteiger partial charge in [-0.15, -0.1) is 0 Å². The zero-order chi connectivity index (χ0) is 21.1. The van der Waals surface area contributed by atoms with Crippen LogP contribution < -0.4 is 19.7 Å². The summed E-state index contributed by atoms with van der Waals surface area (Å²) in [6, 6.07) is 15.5. The standard InChI is InChI=1S/C22H26N4O3S/c1-24(2)17-9-7-16(8-10-17)23-22(30)26-13-11-25(12-14-26)21(27)20-15-28-18-5-3-4-6-19(18)29-20/h3-10,20H,11-15H2,1-2H3,(H,23,30). The first-order valence-electron chi connectivity index (χ1n) is 10.0. The number of carbonyl (C=O) groups is 1. The molecular weight excluding hydrogens is 400 g/mol. The summed E-state index contributed by atoms with van der Waals surface area (Å²) in [4.78, 5) is 18.8. The Bertz CT molecular complexity index is 911. The summed E-state index contributed by atoms with van der Waals surface area (Å²) in [6.07, 6.45) is -0.605. The second-order valence-corrected chi connectivity index (χ2v) is 7.93. The maximum atomic E-state index is 12.9. The van der Waals surface area contributed by atoms with Crippen molar-refractivity contribution in [3.63, 3.8) is 0 Å². The van der Waals surface area contributed by atoms with Gasteiger partial charge in [-0.3, -0.25) is 4.79 Å². The number of fused-ring (bicyclic) bond motifs is 1. The van der Waals surface area contributed by atoms with Crippen molar-refractivity contribution in [1.82, 2.24) is 9.80 Å². The minimum absolute atomic E-state index is 0.0395. The lowest BCUT2D eigenvalue weighted by atomic mass is 10.2. The molecule has 2 aromatic rings. The summed E-state index contributed by atoms with van der Waals surface area (Å²) < 4.78 is 11.5. The fourth-order valence-corrected chi connectivity index (χ4v) is 3.82. The first kappa shape index (κ1) is 20.3. The average Bonchev–Trinajstić information content (AvgIpc) is 2.78. The number of carbonyl (C=O) groups excluding carboxylic acids is 1. The molecule has 1 saturated heterocycles. The SMILES string of the molecule is CN(C)c1ccc(NC(=S)N2CCN(C(=O)C3COc4ccccc4O3)CC2)cc1. The van der Waals surface area contributed by atoms with Gasteiger partial charge in [-0.25, -0.2) is 0 Å². The Hall–Kier alpha value is -3.00. The van der Waals surface area contributed by atoms with E-state index in [1.807, 2.05) is 67.5 Å². The van der Waals surface area contributed by atoms with Crippen LogP contribution in [0, 0.1) is 0 Å². The largest absolute Gasteiger partial charge is 0.485 e. The maximum absolute atomic E-state index is 12.9. The summed E-state index contributed by atoms with van der Waals surface area (Å²) in [7, 11) is 4.02. The van der Waals surface area contributed by atoms with Crippen molar-refractivity contribution in [2.75, 3.05) is 57.1 Å². The molecule has 1 amide bonds. The Morgan fingerprint density at radius 3 is 2.30 bits per heavy atom. The summed E-state index contributed by atoms with van der Waals surface area (Å²) in [5, 5.41) is 3.96. The Morgan fingerprint density at radius 1 is 1.00 bits per heavy atom. The van der Waals surface area contributed by atoms with E-state index >= 15 is 0 Å². The molecule has 0 aromatic heterocycles. The highest BCUT2D eigenvalue weighted by Crippen LogP contribution is 2.31. The van der Waals surface area contributed by atoms with Gasteiger partial charge >= 0.3 is 0 Å². The van der Waals surface area contributed by atoms with Crippen molar-refractivity contribution in [3.8, 4) is 11.5 Å². The van der Waals surface area contributed by atoms with E-state index in [2.05, 4.69) is 15.1 Å². The molecule has 0 saturated carbocycles. The van der Waals surface area contributed by atoms with E-state index in [4.69, 9.17) is 21.7 Å². The summed E-state index contributed by atoms with van der Waals surface area (Å²) >= 11 is 5.57. The molecule has 1 atom stereocenters. The van der Waals surface area contributed by atoms with Gasteiger partial charge in [0.25, 0.3) is 5.91 Å². The van der Waals surface area contributed by atoms with Crippen molar-refractivity contribution in [3.05, 3.63) is 48.5 Å². The molecule has 8 heteroatoms. The number of hydrogen-bond donors (Lipinski definition) is 1. The molecule has 2 aliphatic heterocycles. The number of rotatable bonds is 3. The molecule has 1 unspecified atom stereocenters. The second kappa shape index (κ2) is 8.79. The molecule has 4 rings (SSSR count). The number of benzene rings is 2. The van der Waals surface area contributed by atoms with Gasteiger partial charge in [0.05, 0.1) is 0 Å². The fraction of sp³-hybridized carbons (Fsp3) is 0.364. The van der Waals surface area contributed by atoms with Gasteiger partial charge in [0.2, 0.25) is 6.10 Å². The molecule has 1 N–H and O–H groups in total. The highest BCUT2D eigenvalue weighted by molar-refractivity contribution is 7.80. The molecule has 2 aliphatic rings. The van der Waals surface area contributed by atoms with Gasteiger partial charge in [-0.1, -0.05) is 12.1 Å².